The summed E-state index contributed by atoms with van der Waals surface area (Å²) in [7, 11) is 1.82. The van der Waals surface area contributed by atoms with Crippen LogP contribution in [-0.4, -0.2) is 24.5 Å². The molecule has 1 aliphatic heterocycles. The van der Waals surface area contributed by atoms with Crippen molar-refractivity contribution in [1.82, 2.24) is 4.90 Å². The number of hydrogen-bond acceptors (Lipinski definition) is 2. The summed E-state index contributed by atoms with van der Waals surface area (Å²) in [5.41, 5.74) is 1.93. The van der Waals surface area contributed by atoms with Crippen molar-refractivity contribution in [2.45, 2.75) is 20.3 Å². The van der Waals surface area contributed by atoms with Crippen LogP contribution in [0.25, 0.3) is 5.70 Å². The zero-order chi connectivity index (χ0) is 15.4. The summed E-state index contributed by atoms with van der Waals surface area (Å²) in [6.45, 7) is 4.11. The van der Waals surface area contributed by atoms with Crippen molar-refractivity contribution in [3.63, 3.8) is 0 Å². The van der Waals surface area contributed by atoms with Gasteiger partial charge in [-0.25, -0.2) is 0 Å². The third-order valence-electron chi connectivity index (χ3n) is 3.48. The van der Waals surface area contributed by atoms with Crippen LogP contribution in [0.2, 0.25) is 0 Å². The second kappa shape index (κ2) is 6.82. The molecule has 1 unspecified atom stereocenters. The monoisotopic (exact) mass is 347 g/mol. The molecule has 2 rings (SSSR count). The largest absolute Gasteiger partial charge is 0.481 e. The maximum absolute atomic E-state index is 12.1. The lowest BCUT2D eigenvalue weighted by atomic mass is 9.98. The molecule has 110 valence electrons. The van der Waals surface area contributed by atoms with E-state index >= 15 is 0 Å². The van der Waals surface area contributed by atoms with Gasteiger partial charge in [-0.1, -0.05) is 18.9 Å². The molecular formula is C17H18BrNO2. The predicted molar refractivity (Wildman–Crippen MR) is 87.6 cm³/mol. The van der Waals surface area contributed by atoms with Gasteiger partial charge in [0, 0.05) is 28.7 Å². The van der Waals surface area contributed by atoms with E-state index in [0.29, 0.717) is 6.61 Å². The van der Waals surface area contributed by atoms with Crippen LogP contribution in [0.5, 0.6) is 5.75 Å². The van der Waals surface area contributed by atoms with E-state index in [4.69, 9.17) is 4.74 Å². The lowest BCUT2D eigenvalue weighted by Crippen LogP contribution is -2.33. The van der Waals surface area contributed by atoms with E-state index in [1.54, 1.807) is 11.8 Å². The van der Waals surface area contributed by atoms with E-state index in [9.17, 15) is 4.79 Å². The number of benzene rings is 1. The van der Waals surface area contributed by atoms with Gasteiger partial charge in [0.25, 0.3) is 0 Å². The normalized spacial score (nSPS) is 17.9. The summed E-state index contributed by atoms with van der Waals surface area (Å²) in [6.07, 6.45) is 2.88. The second-order valence-corrected chi connectivity index (χ2v) is 5.83. The Morgan fingerprint density at radius 3 is 2.90 bits per heavy atom. The van der Waals surface area contributed by atoms with Crippen LogP contribution < -0.4 is 4.74 Å². The first-order chi connectivity index (χ1) is 10.0. The number of hydrogen-bond donors (Lipinski definition) is 0. The van der Waals surface area contributed by atoms with Gasteiger partial charge in [0.2, 0.25) is 5.91 Å². The van der Waals surface area contributed by atoms with Crippen molar-refractivity contribution >= 4 is 27.5 Å². The average Bonchev–Trinajstić information content (AvgIpc) is 2.46. The molecule has 21 heavy (non-hydrogen) atoms. The molecule has 0 radical (unpaired) electrons. The van der Waals surface area contributed by atoms with Gasteiger partial charge < -0.3 is 9.64 Å². The minimum atomic E-state index is 0.0488. The summed E-state index contributed by atoms with van der Waals surface area (Å²) >= 11 is 3.56. The molecule has 1 aromatic carbocycles. The second-order valence-electron chi connectivity index (χ2n) is 4.98. The minimum absolute atomic E-state index is 0.0488. The van der Waals surface area contributed by atoms with Crippen molar-refractivity contribution in [3.05, 3.63) is 34.3 Å². The fourth-order valence-corrected chi connectivity index (χ4v) is 2.81. The number of carbonyl (C=O) groups is 1. The molecule has 0 saturated carbocycles. The van der Waals surface area contributed by atoms with Crippen LogP contribution in [0.4, 0.5) is 0 Å². The van der Waals surface area contributed by atoms with Crippen LogP contribution in [0.1, 0.15) is 25.8 Å². The summed E-state index contributed by atoms with van der Waals surface area (Å²) < 4.78 is 6.44. The summed E-state index contributed by atoms with van der Waals surface area (Å²) in [4.78, 5) is 13.8. The lowest BCUT2D eigenvalue weighted by molar-refractivity contribution is -0.131. The third kappa shape index (κ3) is 3.48. The van der Waals surface area contributed by atoms with E-state index in [-0.39, 0.29) is 11.8 Å². The number of rotatable bonds is 3. The van der Waals surface area contributed by atoms with Crippen LogP contribution >= 0.6 is 15.9 Å². The Labute approximate surface area is 134 Å². The Hall–Kier alpha value is -1.73. The van der Waals surface area contributed by atoms with Crippen molar-refractivity contribution in [3.8, 4) is 17.6 Å². The molecule has 0 aliphatic carbocycles. The Morgan fingerprint density at radius 1 is 1.48 bits per heavy atom. The SMILES string of the molecule is CC#CCOc1ccc(C2=CCC(C)C(=O)N2C)c(Br)c1. The quantitative estimate of drug-likeness (QED) is 0.780. The number of halogens is 1. The highest BCUT2D eigenvalue weighted by Crippen LogP contribution is 2.33. The first-order valence-corrected chi connectivity index (χ1v) is 7.64. The summed E-state index contributed by atoms with van der Waals surface area (Å²) in [5.74, 6) is 6.61. The molecule has 0 N–H and O–H groups in total. The molecule has 0 spiro atoms. The molecule has 1 aliphatic rings. The Bertz CT molecular complexity index is 640. The fourth-order valence-electron chi connectivity index (χ4n) is 2.25. The predicted octanol–water partition coefficient (Wildman–Crippen LogP) is 3.69. The molecule has 1 heterocycles. The molecule has 1 amide bonds. The Morgan fingerprint density at radius 2 is 2.24 bits per heavy atom. The van der Waals surface area contributed by atoms with Crippen molar-refractivity contribution in [2.24, 2.45) is 5.92 Å². The standard InChI is InChI=1S/C17H18BrNO2/c1-4-5-10-21-13-7-8-14(15(18)11-13)16-9-6-12(2)17(20)19(16)3/h7-9,11-12H,6,10H2,1-3H3. The molecule has 1 atom stereocenters. The topological polar surface area (TPSA) is 29.5 Å². The van der Waals surface area contributed by atoms with Gasteiger partial charge in [-0.15, -0.1) is 5.92 Å². The Balaban J connectivity index is 2.24. The summed E-state index contributed by atoms with van der Waals surface area (Å²) in [5, 5.41) is 0. The maximum atomic E-state index is 12.1. The zero-order valence-corrected chi connectivity index (χ0v) is 14.0. The van der Waals surface area contributed by atoms with E-state index in [1.807, 2.05) is 32.2 Å². The smallest absolute Gasteiger partial charge is 0.229 e. The van der Waals surface area contributed by atoms with Gasteiger partial charge in [0.05, 0.1) is 0 Å². The fraction of sp³-hybridized carbons (Fsp3) is 0.353. The van der Waals surface area contributed by atoms with Gasteiger partial charge in [0.1, 0.15) is 12.4 Å². The van der Waals surface area contributed by atoms with Gasteiger partial charge in [-0.05, 0) is 47.5 Å². The number of amides is 1. The van der Waals surface area contributed by atoms with E-state index < -0.39 is 0 Å². The first kappa shape index (κ1) is 15.7. The van der Waals surface area contributed by atoms with E-state index in [2.05, 4.69) is 33.8 Å². The van der Waals surface area contributed by atoms with Gasteiger partial charge in [-0.3, -0.25) is 4.79 Å². The molecule has 0 saturated heterocycles. The van der Waals surface area contributed by atoms with Crippen molar-refractivity contribution < 1.29 is 9.53 Å². The summed E-state index contributed by atoms with van der Waals surface area (Å²) in [6, 6.07) is 5.77. The molecule has 0 fully saturated rings. The minimum Gasteiger partial charge on any atom is -0.481 e. The highest BCUT2D eigenvalue weighted by atomic mass is 79.9. The van der Waals surface area contributed by atoms with Gasteiger partial charge >= 0.3 is 0 Å². The average molecular weight is 348 g/mol. The number of ether oxygens (including phenoxy) is 1. The molecule has 4 heteroatoms. The molecule has 1 aromatic rings. The van der Waals surface area contributed by atoms with E-state index in [0.717, 1.165) is 27.9 Å². The highest BCUT2D eigenvalue weighted by molar-refractivity contribution is 9.10. The lowest BCUT2D eigenvalue weighted by Gasteiger charge is -2.29. The molecule has 0 bridgehead atoms. The highest BCUT2D eigenvalue weighted by Gasteiger charge is 2.26. The number of nitrogens with zero attached hydrogens (tertiary/aromatic N) is 1. The zero-order valence-electron chi connectivity index (χ0n) is 12.4. The first-order valence-electron chi connectivity index (χ1n) is 6.84. The Kier molecular flexibility index (Phi) is 5.08. The molecular weight excluding hydrogens is 330 g/mol. The van der Waals surface area contributed by atoms with Crippen LogP contribution in [0.15, 0.2) is 28.7 Å². The number of carbonyl (C=O) groups excluding carboxylic acids is 1. The third-order valence-corrected chi connectivity index (χ3v) is 4.14. The van der Waals surface area contributed by atoms with E-state index in [1.165, 1.54) is 0 Å². The molecule has 0 aromatic heterocycles. The van der Waals surface area contributed by atoms with Gasteiger partial charge in [0.15, 0.2) is 0 Å². The van der Waals surface area contributed by atoms with Crippen molar-refractivity contribution in [1.29, 1.82) is 0 Å². The van der Waals surface area contributed by atoms with Crippen molar-refractivity contribution in [2.75, 3.05) is 13.7 Å². The van der Waals surface area contributed by atoms with Crippen LogP contribution in [-0.2, 0) is 4.79 Å². The van der Waals surface area contributed by atoms with Crippen LogP contribution in [0.3, 0.4) is 0 Å². The maximum Gasteiger partial charge on any atom is 0.229 e. The van der Waals surface area contributed by atoms with Crippen LogP contribution in [0, 0.1) is 17.8 Å². The molecule has 3 nitrogen and oxygen atoms in total. The van der Waals surface area contributed by atoms with Gasteiger partial charge in [-0.2, -0.15) is 0 Å². The number of allylic oxidation sites excluding steroid dienone is 1.